The van der Waals surface area contributed by atoms with Crippen LogP contribution in [0.25, 0.3) is 0 Å². The Hall–Kier alpha value is -0.610. The third-order valence-electron chi connectivity index (χ3n) is 1.75. The number of aliphatic carboxylic acids is 1. The number of ether oxygens (including phenoxy) is 1. The fourth-order valence-electron chi connectivity index (χ4n) is 0.692. The van der Waals surface area contributed by atoms with Crippen molar-refractivity contribution >= 4 is 5.97 Å². The highest BCUT2D eigenvalue weighted by molar-refractivity contribution is 5.70. The number of rotatable bonds is 4. The molecule has 66 valence electrons. The molecule has 0 radical (unpaired) electrons. The van der Waals surface area contributed by atoms with E-state index in [1.165, 1.54) is 14.0 Å². The smallest absolute Gasteiger partial charge is 0.308 e. The van der Waals surface area contributed by atoms with Crippen molar-refractivity contribution in [3.05, 3.63) is 0 Å². The second-order valence-corrected chi connectivity index (χ2v) is 2.56. The molecule has 0 amide bonds. The van der Waals surface area contributed by atoms with Crippen molar-refractivity contribution in [2.45, 2.75) is 26.1 Å². The summed E-state index contributed by atoms with van der Waals surface area (Å²) in [5.74, 6) is -1.80. The van der Waals surface area contributed by atoms with Gasteiger partial charge in [0.2, 0.25) is 0 Å². The summed E-state index contributed by atoms with van der Waals surface area (Å²) < 4.78 is 4.77. The highest BCUT2D eigenvalue weighted by Crippen LogP contribution is 2.09. The maximum absolute atomic E-state index is 10.3. The van der Waals surface area contributed by atoms with E-state index < -0.39 is 24.1 Å². The molecule has 0 fully saturated rings. The van der Waals surface area contributed by atoms with Crippen LogP contribution >= 0.6 is 0 Å². The summed E-state index contributed by atoms with van der Waals surface area (Å²) in [7, 11) is 1.43. The van der Waals surface area contributed by atoms with E-state index >= 15 is 0 Å². The molecule has 0 rings (SSSR count). The Balaban J connectivity index is 4.00. The monoisotopic (exact) mass is 162 g/mol. The standard InChI is InChI=1S/C7H14O4/c1-4(7(9)10)6(8)5(2)11-3/h4-6,8H,1-3H3,(H,9,10)/t4?,5-,6+/m1/s1. The van der Waals surface area contributed by atoms with E-state index in [4.69, 9.17) is 9.84 Å². The maximum Gasteiger partial charge on any atom is 0.308 e. The van der Waals surface area contributed by atoms with Gasteiger partial charge in [-0.1, -0.05) is 0 Å². The number of carbonyl (C=O) groups is 1. The molecule has 0 aliphatic rings. The van der Waals surface area contributed by atoms with Gasteiger partial charge in [-0.2, -0.15) is 0 Å². The van der Waals surface area contributed by atoms with Crippen molar-refractivity contribution in [3.8, 4) is 0 Å². The molecule has 1 unspecified atom stereocenters. The first-order valence-corrected chi connectivity index (χ1v) is 3.44. The molecule has 0 aliphatic carbocycles. The number of aliphatic hydroxyl groups is 1. The minimum Gasteiger partial charge on any atom is -0.481 e. The highest BCUT2D eigenvalue weighted by atomic mass is 16.5. The Labute approximate surface area is 65.8 Å². The molecule has 3 atom stereocenters. The fraction of sp³-hybridized carbons (Fsp3) is 0.857. The van der Waals surface area contributed by atoms with Gasteiger partial charge >= 0.3 is 5.97 Å². The third kappa shape index (κ3) is 2.86. The van der Waals surface area contributed by atoms with E-state index in [-0.39, 0.29) is 0 Å². The summed E-state index contributed by atoms with van der Waals surface area (Å²) >= 11 is 0. The van der Waals surface area contributed by atoms with Gasteiger partial charge in [-0.3, -0.25) is 4.79 Å². The predicted octanol–water partition coefficient (Wildman–Crippen LogP) is 0.103. The molecule has 0 aromatic heterocycles. The van der Waals surface area contributed by atoms with Crippen molar-refractivity contribution < 1.29 is 19.7 Å². The molecule has 0 aromatic carbocycles. The van der Waals surface area contributed by atoms with Crippen molar-refractivity contribution in [2.24, 2.45) is 5.92 Å². The van der Waals surface area contributed by atoms with E-state index in [2.05, 4.69) is 0 Å². The second-order valence-electron chi connectivity index (χ2n) is 2.56. The largest absolute Gasteiger partial charge is 0.481 e. The first-order valence-electron chi connectivity index (χ1n) is 3.44. The van der Waals surface area contributed by atoms with Crippen LogP contribution in [0, 0.1) is 5.92 Å². The van der Waals surface area contributed by atoms with E-state index in [1.54, 1.807) is 6.92 Å². The summed E-state index contributed by atoms with van der Waals surface area (Å²) in [6.45, 7) is 3.08. The fourth-order valence-corrected chi connectivity index (χ4v) is 0.692. The van der Waals surface area contributed by atoms with Gasteiger partial charge in [0.25, 0.3) is 0 Å². The van der Waals surface area contributed by atoms with Crippen LogP contribution in [0.1, 0.15) is 13.8 Å². The predicted molar refractivity (Wildman–Crippen MR) is 39.3 cm³/mol. The number of aliphatic hydroxyl groups excluding tert-OH is 1. The summed E-state index contributed by atoms with van der Waals surface area (Å²) in [5, 5.41) is 17.7. The number of carboxylic acid groups (broad SMARTS) is 1. The lowest BCUT2D eigenvalue weighted by Crippen LogP contribution is -2.35. The molecule has 2 N–H and O–H groups in total. The summed E-state index contributed by atoms with van der Waals surface area (Å²) in [6, 6.07) is 0. The van der Waals surface area contributed by atoms with Gasteiger partial charge in [0, 0.05) is 7.11 Å². The Morgan fingerprint density at radius 2 is 1.91 bits per heavy atom. The molecule has 0 aliphatic heterocycles. The molecule has 4 nitrogen and oxygen atoms in total. The Morgan fingerprint density at radius 1 is 1.45 bits per heavy atom. The average Bonchev–Trinajstić information content (AvgIpc) is 2.00. The zero-order valence-corrected chi connectivity index (χ0v) is 6.94. The third-order valence-corrected chi connectivity index (χ3v) is 1.75. The zero-order valence-electron chi connectivity index (χ0n) is 6.94. The molecule has 0 spiro atoms. The van der Waals surface area contributed by atoms with Gasteiger partial charge in [-0.05, 0) is 13.8 Å². The van der Waals surface area contributed by atoms with E-state index in [0.29, 0.717) is 0 Å². The van der Waals surface area contributed by atoms with Crippen molar-refractivity contribution in [1.82, 2.24) is 0 Å². The normalized spacial score (nSPS) is 18.9. The quantitative estimate of drug-likeness (QED) is 0.615. The van der Waals surface area contributed by atoms with E-state index in [1.807, 2.05) is 0 Å². The van der Waals surface area contributed by atoms with Crippen LogP contribution in [0.2, 0.25) is 0 Å². The molecular formula is C7H14O4. The van der Waals surface area contributed by atoms with Gasteiger partial charge in [0.1, 0.15) is 0 Å². The molecule has 4 heteroatoms. The topological polar surface area (TPSA) is 66.8 Å². The van der Waals surface area contributed by atoms with Crippen LogP contribution in [0.3, 0.4) is 0 Å². The van der Waals surface area contributed by atoms with Gasteiger partial charge < -0.3 is 14.9 Å². The lowest BCUT2D eigenvalue weighted by atomic mass is 10.0. The minimum atomic E-state index is -1.01. The first-order chi connectivity index (χ1) is 5.00. The summed E-state index contributed by atoms with van der Waals surface area (Å²) in [6.07, 6.45) is -1.39. The van der Waals surface area contributed by atoms with Crippen LogP contribution in [0.4, 0.5) is 0 Å². The van der Waals surface area contributed by atoms with Crippen LogP contribution < -0.4 is 0 Å². The van der Waals surface area contributed by atoms with Crippen LogP contribution in [-0.2, 0) is 9.53 Å². The maximum atomic E-state index is 10.3. The molecular weight excluding hydrogens is 148 g/mol. The molecule has 11 heavy (non-hydrogen) atoms. The molecule has 0 bridgehead atoms. The molecule has 0 heterocycles. The lowest BCUT2D eigenvalue weighted by Gasteiger charge is -2.20. The van der Waals surface area contributed by atoms with Crippen molar-refractivity contribution in [3.63, 3.8) is 0 Å². The van der Waals surface area contributed by atoms with Gasteiger partial charge in [0.15, 0.2) is 0 Å². The SMILES string of the molecule is CO[C@H](C)[C@@H](O)C(C)C(=O)O. The molecule has 0 saturated heterocycles. The summed E-state index contributed by atoms with van der Waals surface area (Å²) in [4.78, 5) is 10.3. The van der Waals surface area contributed by atoms with Gasteiger partial charge in [0.05, 0.1) is 18.1 Å². The van der Waals surface area contributed by atoms with E-state index in [0.717, 1.165) is 0 Å². The minimum absolute atomic E-state index is 0.443. The van der Waals surface area contributed by atoms with E-state index in [9.17, 15) is 9.90 Å². The zero-order chi connectivity index (χ0) is 9.02. The lowest BCUT2D eigenvalue weighted by molar-refractivity contribution is -0.148. The Kier molecular flexibility index (Phi) is 4.07. The Bertz CT molecular complexity index is 134. The van der Waals surface area contributed by atoms with Crippen LogP contribution in [-0.4, -0.2) is 35.5 Å². The number of carboxylic acids is 1. The average molecular weight is 162 g/mol. The first kappa shape index (κ1) is 10.4. The Morgan fingerprint density at radius 3 is 2.18 bits per heavy atom. The number of methoxy groups -OCH3 is 1. The second kappa shape index (κ2) is 4.31. The van der Waals surface area contributed by atoms with Crippen LogP contribution in [0.5, 0.6) is 0 Å². The highest BCUT2D eigenvalue weighted by Gasteiger charge is 2.26. The van der Waals surface area contributed by atoms with Crippen molar-refractivity contribution in [1.29, 1.82) is 0 Å². The number of hydrogen-bond acceptors (Lipinski definition) is 3. The molecule has 0 aromatic rings. The van der Waals surface area contributed by atoms with Crippen LogP contribution in [0.15, 0.2) is 0 Å². The summed E-state index contributed by atoms with van der Waals surface area (Å²) in [5.41, 5.74) is 0. The van der Waals surface area contributed by atoms with Gasteiger partial charge in [-0.25, -0.2) is 0 Å². The van der Waals surface area contributed by atoms with Gasteiger partial charge in [-0.15, -0.1) is 0 Å². The van der Waals surface area contributed by atoms with Crippen molar-refractivity contribution in [2.75, 3.05) is 7.11 Å². The molecule has 0 saturated carbocycles. The number of hydrogen-bond donors (Lipinski definition) is 2.